The lowest BCUT2D eigenvalue weighted by Crippen LogP contribution is -2.43. The van der Waals surface area contributed by atoms with Gasteiger partial charge in [-0.05, 0) is 51.4 Å². The summed E-state index contributed by atoms with van der Waals surface area (Å²) < 4.78 is 5.14. The van der Waals surface area contributed by atoms with Gasteiger partial charge < -0.3 is 4.74 Å². The number of amides is 1. The number of carbonyl (C=O) groups excluding carboxylic acids is 1. The lowest BCUT2D eigenvalue weighted by atomic mass is 9.94. The summed E-state index contributed by atoms with van der Waals surface area (Å²) in [5, 5.41) is 0. The van der Waals surface area contributed by atoms with Crippen molar-refractivity contribution in [3.05, 3.63) is 12.2 Å². The van der Waals surface area contributed by atoms with E-state index in [2.05, 4.69) is 23.0 Å². The Morgan fingerprint density at radius 1 is 1.35 bits per heavy atom. The molecule has 0 heterocycles. The molecule has 1 fully saturated rings. The van der Waals surface area contributed by atoms with Gasteiger partial charge in [-0.1, -0.05) is 12.2 Å². The summed E-state index contributed by atoms with van der Waals surface area (Å²) in [5.74, 6) is 2.13. The maximum atomic E-state index is 11.4. The van der Waals surface area contributed by atoms with Crippen molar-refractivity contribution in [1.29, 1.82) is 0 Å². The molecule has 0 saturated heterocycles. The summed E-state index contributed by atoms with van der Waals surface area (Å²) in [6.45, 7) is 6.39. The SMILES string of the molecule is CC(C)(C)OC(=O)NNCC1CC2C=CC1C2. The minimum Gasteiger partial charge on any atom is -0.443 e. The highest BCUT2D eigenvalue weighted by atomic mass is 16.6. The number of rotatable bonds is 3. The van der Waals surface area contributed by atoms with E-state index in [-0.39, 0.29) is 0 Å². The van der Waals surface area contributed by atoms with E-state index in [0.29, 0.717) is 11.8 Å². The average molecular weight is 238 g/mol. The summed E-state index contributed by atoms with van der Waals surface area (Å²) in [7, 11) is 0. The fourth-order valence-corrected chi connectivity index (χ4v) is 2.69. The van der Waals surface area contributed by atoms with Crippen molar-refractivity contribution >= 4 is 6.09 Å². The number of ether oxygens (including phenoxy) is 1. The molecule has 96 valence electrons. The third-order valence-corrected chi connectivity index (χ3v) is 3.37. The fourth-order valence-electron chi connectivity index (χ4n) is 2.69. The second-order valence-electron chi connectivity index (χ2n) is 6.05. The first kappa shape index (κ1) is 12.4. The van der Waals surface area contributed by atoms with Gasteiger partial charge >= 0.3 is 6.09 Å². The van der Waals surface area contributed by atoms with Gasteiger partial charge in [0.25, 0.3) is 0 Å². The molecule has 2 bridgehead atoms. The van der Waals surface area contributed by atoms with Crippen LogP contribution in [0.2, 0.25) is 0 Å². The van der Waals surface area contributed by atoms with Gasteiger partial charge in [-0.15, -0.1) is 0 Å². The van der Waals surface area contributed by atoms with Gasteiger partial charge in [0.2, 0.25) is 0 Å². The quantitative estimate of drug-likeness (QED) is 0.585. The first-order valence-electron chi connectivity index (χ1n) is 6.34. The third kappa shape index (κ3) is 3.46. The number of hydrogen-bond acceptors (Lipinski definition) is 3. The molecule has 0 aromatic rings. The van der Waals surface area contributed by atoms with Crippen LogP contribution in [0, 0.1) is 17.8 Å². The zero-order valence-electron chi connectivity index (χ0n) is 10.8. The van der Waals surface area contributed by atoms with Crippen molar-refractivity contribution < 1.29 is 9.53 Å². The predicted molar refractivity (Wildman–Crippen MR) is 66.2 cm³/mol. The van der Waals surface area contributed by atoms with Crippen molar-refractivity contribution in [3.8, 4) is 0 Å². The Bertz CT molecular complexity index is 320. The molecular weight excluding hydrogens is 216 g/mol. The molecule has 4 heteroatoms. The van der Waals surface area contributed by atoms with Crippen molar-refractivity contribution in [2.24, 2.45) is 17.8 Å². The van der Waals surface area contributed by atoms with E-state index in [1.807, 2.05) is 20.8 Å². The topological polar surface area (TPSA) is 50.4 Å². The fraction of sp³-hybridized carbons (Fsp3) is 0.769. The Morgan fingerprint density at radius 3 is 2.65 bits per heavy atom. The van der Waals surface area contributed by atoms with Gasteiger partial charge in [-0.3, -0.25) is 5.43 Å². The maximum Gasteiger partial charge on any atom is 0.422 e. The summed E-state index contributed by atoms with van der Waals surface area (Å²) in [6, 6.07) is 0. The first-order chi connectivity index (χ1) is 7.94. The van der Waals surface area contributed by atoms with Gasteiger partial charge in [0.1, 0.15) is 5.60 Å². The number of allylic oxidation sites excluding steroid dienone is 2. The number of carbonyl (C=O) groups is 1. The van der Waals surface area contributed by atoms with Crippen LogP contribution in [-0.2, 0) is 4.74 Å². The average Bonchev–Trinajstić information content (AvgIpc) is 2.75. The molecule has 3 unspecified atom stereocenters. The summed E-state index contributed by atoms with van der Waals surface area (Å²) in [6.07, 6.45) is 6.76. The van der Waals surface area contributed by atoms with Gasteiger partial charge in [-0.2, -0.15) is 0 Å². The molecule has 0 aliphatic heterocycles. The smallest absolute Gasteiger partial charge is 0.422 e. The number of nitrogens with one attached hydrogen (secondary N) is 2. The minimum atomic E-state index is -0.444. The molecule has 0 aromatic heterocycles. The van der Waals surface area contributed by atoms with Gasteiger partial charge in [0.15, 0.2) is 0 Å². The van der Waals surface area contributed by atoms with Crippen molar-refractivity contribution in [3.63, 3.8) is 0 Å². The lowest BCUT2D eigenvalue weighted by Gasteiger charge is -2.22. The summed E-state index contributed by atoms with van der Waals surface area (Å²) in [5.41, 5.74) is 5.12. The second kappa shape index (κ2) is 4.69. The zero-order valence-corrected chi connectivity index (χ0v) is 10.8. The van der Waals surface area contributed by atoms with Crippen molar-refractivity contribution in [1.82, 2.24) is 10.9 Å². The van der Waals surface area contributed by atoms with Crippen LogP contribution in [0.1, 0.15) is 33.6 Å². The highest BCUT2D eigenvalue weighted by Crippen LogP contribution is 2.42. The van der Waals surface area contributed by atoms with Crippen LogP contribution < -0.4 is 10.9 Å². The molecule has 2 N–H and O–H groups in total. The Hall–Kier alpha value is -1.03. The molecule has 0 spiro atoms. The number of hydrazine groups is 1. The van der Waals surface area contributed by atoms with E-state index >= 15 is 0 Å². The summed E-state index contributed by atoms with van der Waals surface area (Å²) >= 11 is 0. The molecule has 0 aromatic carbocycles. The Morgan fingerprint density at radius 2 is 2.12 bits per heavy atom. The number of fused-ring (bicyclic) bond motifs is 2. The largest absolute Gasteiger partial charge is 0.443 e. The molecule has 4 nitrogen and oxygen atoms in total. The first-order valence-corrected chi connectivity index (χ1v) is 6.34. The number of hydrogen-bond donors (Lipinski definition) is 2. The van der Waals surface area contributed by atoms with E-state index in [1.165, 1.54) is 12.8 Å². The maximum absolute atomic E-state index is 11.4. The van der Waals surface area contributed by atoms with Gasteiger partial charge in [-0.25, -0.2) is 10.2 Å². The van der Waals surface area contributed by atoms with E-state index in [0.717, 1.165) is 12.5 Å². The highest BCUT2D eigenvalue weighted by Gasteiger charge is 2.35. The Balaban J connectivity index is 1.63. The summed E-state index contributed by atoms with van der Waals surface area (Å²) in [4.78, 5) is 11.4. The Labute approximate surface area is 103 Å². The Kier molecular flexibility index (Phi) is 3.43. The van der Waals surface area contributed by atoms with Crippen LogP contribution in [0.5, 0.6) is 0 Å². The van der Waals surface area contributed by atoms with Crippen molar-refractivity contribution in [2.75, 3.05) is 6.54 Å². The third-order valence-electron chi connectivity index (χ3n) is 3.37. The minimum absolute atomic E-state index is 0.406. The van der Waals surface area contributed by atoms with E-state index < -0.39 is 11.7 Å². The molecule has 2 aliphatic carbocycles. The standard InChI is InChI=1S/C13H22N2O2/c1-13(2,3)17-12(16)15-14-8-11-7-9-4-5-10(11)6-9/h4-5,9-11,14H,6-8H2,1-3H3,(H,15,16). The van der Waals surface area contributed by atoms with Crippen LogP contribution in [0.3, 0.4) is 0 Å². The van der Waals surface area contributed by atoms with Crippen molar-refractivity contribution in [2.45, 2.75) is 39.2 Å². The molecule has 0 radical (unpaired) electrons. The molecule has 2 aliphatic rings. The van der Waals surface area contributed by atoms with Crippen LogP contribution in [-0.4, -0.2) is 18.2 Å². The molecular formula is C13H22N2O2. The molecule has 17 heavy (non-hydrogen) atoms. The monoisotopic (exact) mass is 238 g/mol. The second-order valence-corrected chi connectivity index (χ2v) is 6.05. The molecule has 1 amide bonds. The van der Waals surface area contributed by atoms with Crippen LogP contribution in [0.15, 0.2) is 12.2 Å². The molecule has 2 rings (SSSR count). The molecule has 3 atom stereocenters. The zero-order chi connectivity index (χ0) is 12.5. The van der Waals surface area contributed by atoms with E-state index in [1.54, 1.807) is 0 Å². The lowest BCUT2D eigenvalue weighted by molar-refractivity contribution is 0.0494. The van der Waals surface area contributed by atoms with Gasteiger partial charge in [0, 0.05) is 6.54 Å². The predicted octanol–water partition coefficient (Wildman–Crippen LogP) is 2.23. The van der Waals surface area contributed by atoms with E-state index in [9.17, 15) is 4.79 Å². The van der Waals surface area contributed by atoms with Crippen LogP contribution in [0.4, 0.5) is 4.79 Å². The van der Waals surface area contributed by atoms with Gasteiger partial charge in [0.05, 0.1) is 0 Å². The van der Waals surface area contributed by atoms with Crippen LogP contribution in [0.25, 0.3) is 0 Å². The normalized spacial score (nSPS) is 30.6. The van der Waals surface area contributed by atoms with Crippen LogP contribution >= 0.6 is 0 Å². The highest BCUT2D eigenvalue weighted by molar-refractivity contribution is 5.66. The molecule has 1 saturated carbocycles. The van der Waals surface area contributed by atoms with E-state index in [4.69, 9.17) is 4.74 Å².